The van der Waals surface area contributed by atoms with Crippen LogP contribution in [0, 0.1) is 11.6 Å². The second kappa shape index (κ2) is 7.16. The van der Waals surface area contributed by atoms with Gasteiger partial charge < -0.3 is 0 Å². The molecule has 0 amide bonds. The summed E-state index contributed by atoms with van der Waals surface area (Å²) in [6.45, 7) is 2.04. The van der Waals surface area contributed by atoms with Crippen LogP contribution in [0.1, 0.15) is 60.7 Å². The lowest BCUT2D eigenvalue weighted by Crippen LogP contribution is -2.31. The van der Waals surface area contributed by atoms with Crippen molar-refractivity contribution in [2.75, 3.05) is 6.54 Å². The lowest BCUT2D eigenvalue weighted by molar-refractivity contribution is 0.238. The van der Waals surface area contributed by atoms with Gasteiger partial charge >= 0.3 is 0 Å². The van der Waals surface area contributed by atoms with E-state index in [1.165, 1.54) is 44.2 Å². The summed E-state index contributed by atoms with van der Waals surface area (Å²) >= 11 is 0. The Morgan fingerprint density at radius 3 is 2.76 bits per heavy atom. The quantitative estimate of drug-likeness (QED) is 0.829. The maximum absolute atomic E-state index is 13.9. The summed E-state index contributed by atoms with van der Waals surface area (Å²) in [4.78, 5) is 11.6. The smallest absolute Gasteiger partial charge is 0.131 e. The number of nitrogens with zero attached hydrogens (tertiary/aromatic N) is 3. The maximum Gasteiger partial charge on any atom is 0.131 e. The van der Waals surface area contributed by atoms with E-state index in [0.717, 1.165) is 42.7 Å². The van der Waals surface area contributed by atoms with E-state index in [0.29, 0.717) is 18.0 Å². The highest BCUT2D eigenvalue weighted by atomic mass is 19.1. The molecule has 1 aliphatic carbocycles. The predicted octanol–water partition coefficient (Wildman–Crippen LogP) is 4.36. The van der Waals surface area contributed by atoms with Gasteiger partial charge in [-0.15, -0.1) is 0 Å². The zero-order chi connectivity index (χ0) is 17.2. The Kier molecular flexibility index (Phi) is 4.75. The van der Waals surface area contributed by atoms with Crippen LogP contribution in [0.2, 0.25) is 0 Å². The highest BCUT2D eigenvalue weighted by molar-refractivity contribution is 5.23. The van der Waals surface area contributed by atoms with Gasteiger partial charge in [0.05, 0.1) is 0 Å². The van der Waals surface area contributed by atoms with Crippen LogP contribution < -0.4 is 0 Å². The first-order valence-corrected chi connectivity index (χ1v) is 9.20. The van der Waals surface area contributed by atoms with E-state index in [-0.39, 0.29) is 0 Å². The second-order valence-electron chi connectivity index (χ2n) is 7.23. The summed E-state index contributed by atoms with van der Waals surface area (Å²) in [6.07, 6.45) is 9.12. The van der Waals surface area contributed by atoms with Crippen LogP contribution in [0.15, 0.2) is 24.4 Å². The van der Waals surface area contributed by atoms with Gasteiger partial charge in [0.15, 0.2) is 0 Å². The summed E-state index contributed by atoms with van der Waals surface area (Å²) < 4.78 is 26.9. The van der Waals surface area contributed by atoms with Crippen LogP contribution in [0.25, 0.3) is 0 Å². The fourth-order valence-electron chi connectivity index (χ4n) is 3.97. The molecular weight excluding hydrogens is 320 g/mol. The largest absolute Gasteiger partial charge is 0.294 e. The fraction of sp³-hybridized carbons (Fsp3) is 0.500. The summed E-state index contributed by atoms with van der Waals surface area (Å²) in [6, 6.07) is 3.80. The molecule has 2 heterocycles. The van der Waals surface area contributed by atoms with Gasteiger partial charge in [-0.25, -0.2) is 18.7 Å². The number of fused-ring (bicyclic) bond motifs is 1. The summed E-state index contributed by atoms with van der Waals surface area (Å²) in [5, 5.41) is 0. The molecule has 1 aromatic carbocycles. The Morgan fingerprint density at radius 1 is 1.12 bits per heavy atom. The van der Waals surface area contributed by atoms with Crippen molar-refractivity contribution in [3.05, 3.63) is 58.7 Å². The predicted molar refractivity (Wildman–Crippen MR) is 92.0 cm³/mol. The third-order valence-electron chi connectivity index (χ3n) is 5.41. The third-order valence-corrected chi connectivity index (χ3v) is 5.41. The van der Waals surface area contributed by atoms with Gasteiger partial charge in [-0.2, -0.15) is 0 Å². The lowest BCUT2D eigenvalue weighted by Gasteiger charge is -2.29. The standard InChI is InChI=1S/C20H23F2N3/c21-17-7-6-15(18(22)10-17)12-25-9-8-19-16(13-25)11-23-20(24-19)14-4-2-1-3-5-14/h6-7,10-11,14H,1-5,8-9,12-13H2. The third kappa shape index (κ3) is 3.71. The van der Waals surface area contributed by atoms with Gasteiger partial charge in [0.25, 0.3) is 0 Å². The Bertz CT molecular complexity index is 757. The van der Waals surface area contributed by atoms with E-state index in [4.69, 9.17) is 4.98 Å². The Balaban J connectivity index is 1.46. The highest BCUT2D eigenvalue weighted by Crippen LogP contribution is 2.31. The van der Waals surface area contributed by atoms with E-state index in [9.17, 15) is 8.78 Å². The van der Waals surface area contributed by atoms with E-state index in [2.05, 4.69) is 9.88 Å². The van der Waals surface area contributed by atoms with Crippen LogP contribution in [-0.2, 0) is 19.5 Å². The normalized spacial score (nSPS) is 19.0. The van der Waals surface area contributed by atoms with Crippen LogP contribution in [0.4, 0.5) is 8.78 Å². The molecule has 3 nitrogen and oxygen atoms in total. The number of halogens is 2. The molecule has 0 atom stereocenters. The Labute approximate surface area is 147 Å². The zero-order valence-corrected chi connectivity index (χ0v) is 14.3. The van der Waals surface area contributed by atoms with E-state index >= 15 is 0 Å². The average molecular weight is 343 g/mol. The van der Waals surface area contributed by atoms with Gasteiger partial charge in [-0.1, -0.05) is 25.3 Å². The van der Waals surface area contributed by atoms with E-state index in [1.807, 2.05) is 6.20 Å². The minimum Gasteiger partial charge on any atom is -0.294 e. The van der Waals surface area contributed by atoms with E-state index in [1.54, 1.807) is 0 Å². The Hall–Kier alpha value is -1.88. The minimum absolute atomic E-state index is 0.477. The van der Waals surface area contributed by atoms with Crippen molar-refractivity contribution in [1.29, 1.82) is 0 Å². The molecule has 1 fully saturated rings. The molecule has 1 aromatic heterocycles. The molecule has 1 saturated carbocycles. The molecule has 0 saturated heterocycles. The molecule has 4 rings (SSSR count). The van der Waals surface area contributed by atoms with Crippen LogP contribution in [-0.4, -0.2) is 21.4 Å². The van der Waals surface area contributed by atoms with Crippen molar-refractivity contribution in [3.8, 4) is 0 Å². The molecule has 0 unspecified atom stereocenters. The SMILES string of the molecule is Fc1ccc(CN2CCc3nc(C4CCCCC4)ncc3C2)c(F)c1. The van der Waals surface area contributed by atoms with Crippen molar-refractivity contribution in [2.45, 2.75) is 57.5 Å². The van der Waals surface area contributed by atoms with E-state index < -0.39 is 11.6 Å². The van der Waals surface area contributed by atoms with Crippen molar-refractivity contribution in [3.63, 3.8) is 0 Å². The van der Waals surface area contributed by atoms with Crippen LogP contribution >= 0.6 is 0 Å². The summed E-state index contributed by atoms with van der Waals surface area (Å²) in [7, 11) is 0. The monoisotopic (exact) mass is 343 g/mol. The topological polar surface area (TPSA) is 29.0 Å². The molecule has 1 aliphatic heterocycles. The molecule has 0 N–H and O–H groups in total. The van der Waals surface area contributed by atoms with Gasteiger partial charge in [0.2, 0.25) is 0 Å². The second-order valence-corrected chi connectivity index (χ2v) is 7.23. The molecule has 132 valence electrons. The van der Waals surface area contributed by atoms with Crippen molar-refractivity contribution in [1.82, 2.24) is 14.9 Å². The molecule has 5 heteroatoms. The maximum atomic E-state index is 13.9. The first kappa shape index (κ1) is 16.6. The Morgan fingerprint density at radius 2 is 1.96 bits per heavy atom. The number of benzene rings is 1. The first-order chi connectivity index (χ1) is 12.2. The summed E-state index contributed by atoms with van der Waals surface area (Å²) in [5.41, 5.74) is 2.81. The molecule has 25 heavy (non-hydrogen) atoms. The average Bonchev–Trinajstić information content (AvgIpc) is 2.64. The number of rotatable bonds is 3. The zero-order valence-electron chi connectivity index (χ0n) is 14.3. The fourth-order valence-corrected chi connectivity index (χ4v) is 3.97. The molecule has 0 radical (unpaired) electrons. The minimum atomic E-state index is -0.533. The number of hydrogen-bond donors (Lipinski definition) is 0. The summed E-state index contributed by atoms with van der Waals surface area (Å²) in [5.74, 6) is 0.519. The van der Waals surface area contributed by atoms with Crippen molar-refractivity contribution >= 4 is 0 Å². The molecule has 0 spiro atoms. The highest BCUT2D eigenvalue weighted by Gasteiger charge is 2.23. The number of hydrogen-bond acceptors (Lipinski definition) is 3. The van der Waals surface area contributed by atoms with Gasteiger partial charge in [0.1, 0.15) is 17.5 Å². The van der Waals surface area contributed by atoms with Crippen LogP contribution in [0.3, 0.4) is 0 Å². The molecule has 0 bridgehead atoms. The number of aromatic nitrogens is 2. The first-order valence-electron chi connectivity index (χ1n) is 9.20. The molecular formula is C20H23F2N3. The van der Waals surface area contributed by atoms with Gasteiger partial charge in [-0.3, -0.25) is 4.90 Å². The van der Waals surface area contributed by atoms with Crippen molar-refractivity contribution in [2.24, 2.45) is 0 Å². The molecule has 2 aromatic rings. The van der Waals surface area contributed by atoms with Crippen molar-refractivity contribution < 1.29 is 8.78 Å². The molecule has 2 aliphatic rings. The van der Waals surface area contributed by atoms with Gasteiger partial charge in [-0.05, 0) is 18.9 Å². The lowest BCUT2D eigenvalue weighted by atomic mass is 9.88. The van der Waals surface area contributed by atoms with Crippen LogP contribution in [0.5, 0.6) is 0 Å². The van der Waals surface area contributed by atoms with Gasteiger partial charge in [0, 0.05) is 61.1 Å².